The molecule has 1 rings (SSSR count). The van der Waals surface area contributed by atoms with Crippen LogP contribution in [0.2, 0.25) is 0 Å². The summed E-state index contributed by atoms with van der Waals surface area (Å²) in [7, 11) is -0.508. The number of hydrogen-bond acceptors (Lipinski definition) is 2. The minimum Gasteiger partial charge on any atom is -0.758 e. The summed E-state index contributed by atoms with van der Waals surface area (Å²) < 4.78 is 26.2. The molecule has 0 saturated carbocycles. The first-order chi connectivity index (χ1) is 6.52. The Hall–Kier alpha value is -0.730. The summed E-state index contributed by atoms with van der Waals surface area (Å²) in [6.07, 6.45) is 0.146. The quantitative estimate of drug-likeness (QED) is 0.575. The van der Waals surface area contributed by atoms with E-state index < -0.39 is 25.2 Å². The van der Waals surface area contributed by atoms with Crippen LogP contribution in [-0.4, -0.2) is 19.6 Å². The maximum Gasteiger partial charge on any atom is 0.148 e. The molecule has 0 atom stereocenters. The number of hydroxylamine groups is 1. The van der Waals surface area contributed by atoms with Gasteiger partial charge >= 0.3 is 0 Å². The lowest BCUT2D eigenvalue weighted by atomic mass is 10.3. The predicted octanol–water partition coefficient (Wildman–Crippen LogP) is 2.97. The standard InChI is InChI=1S/C9H11F2NOP/c1-14(2)6-12(13)9-7(10)4-3-5-8(9)11/h3-5H,6H2,1-2H3/q-1. The largest absolute Gasteiger partial charge is 0.758 e. The van der Waals surface area contributed by atoms with Crippen molar-refractivity contribution in [3.8, 4) is 0 Å². The number of anilines is 1. The smallest absolute Gasteiger partial charge is 0.148 e. The molecule has 1 aromatic rings. The van der Waals surface area contributed by atoms with Gasteiger partial charge in [0.05, 0.1) is 5.69 Å². The molecule has 0 aliphatic heterocycles. The molecule has 0 fully saturated rings. The number of nitrogens with zero attached hydrogens (tertiary/aromatic N) is 1. The predicted molar refractivity (Wildman–Crippen MR) is 55.8 cm³/mol. The fourth-order valence-electron chi connectivity index (χ4n) is 1.05. The molecular formula is C9H11F2NOP-. The third-order valence-electron chi connectivity index (χ3n) is 1.60. The summed E-state index contributed by atoms with van der Waals surface area (Å²) in [5, 5.41) is 11.7. The van der Waals surface area contributed by atoms with Crippen molar-refractivity contribution in [3.63, 3.8) is 0 Å². The van der Waals surface area contributed by atoms with Gasteiger partial charge in [-0.2, -0.15) is 0 Å². The van der Waals surface area contributed by atoms with Crippen LogP contribution in [0.5, 0.6) is 0 Å². The Balaban J connectivity index is 2.94. The van der Waals surface area contributed by atoms with Crippen LogP contribution in [0, 0.1) is 16.8 Å². The van der Waals surface area contributed by atoms with E-state index in [-0.39, 0.29) is 6.29 Å². The maximum atomic E-state index is 13.1. The highest BCUT2D eigenvalue weighted by atomic mass is 31.1. The van der Waals surface area contributed by atoms with Crippen LogP contribution in [0.1, 0.15) is 0 Å². The van der Waals surface area contributed by atoms with Gasteiger partial charge in [0.15, 0.2) is 0 Å². The molecular weight excluding hydrogens is 207 g/mol. The van der Waals surface area contributed by atoms with Gasteiger partial charge in [0, 0.05) is 6.29 Å². The van der Waals surface area contributed by atoms with E-state index in [9.17, 15) is 14.0 Å². The Bertz CT molecular complexity index is 299. The van der Waals surface area contributed by atoms with E-state index in [0.29, 0.717) is 5.06 Å². The van der Waals surface area contributed by atoms with Crippen LogP contribution >= 0.6 is 7.92 Å². The van der Waals surface area contributed by atoms with Crippen molar-refractivity contribution >= 4 is 13.6 Å². The highest BCUT2D eigenvalue weighted by Gasteiger charge is 2.10. The topological polar surface area (TPSA) is 26.3 Å². The summed E-state index contributed by atoms with van der Waals surface area (Å²) in [6, 6.07) is 3.40. The highest BCUT2D eigenvalue weighted by molar-refractivity contribution is 7.56. The summed E-state index contributed by atoms with van der Waals surface area (Å²) in [6.45, 7) is 3.75. The zero-order valence-corrected chi connectivity index (χ0v) is 8.89. The Morgan fingerprint density at radius 2 is 1.79 bits per heavy atom. The van der Waals surface area contributed by atoms with Crippen molar-refractivity contribution in [2.75, 3.05) is 24.7 Å². The highest BCUT2D eigenvalue weighted by Crippen LogP contribution is 2.30. The van der Waals surface area contributed by atoms with Gasteiger partial charge in [0.25, 0.3) is 0 Å². The van der Waals surface area contributed by atoms with Crippen LogP contribution in [0.25, 0.3) is 0 Å². The second-order valence-electron chi connectivity index (χ2n) is 3.17. The van der Waals surface area contributed by atoms with Crippen molar-refractivity contribution in [3.05, 3.63) is 35.0 Å². The van der Waals surface area contributed by atoms with Gasteiger partial charge in [-0.25, -0.2) is 8.78 Å². The monoisotopic (exact) mass is 218 g/mol. The molecule has 2 nitrogen and oxygen atoms in total. The van der Waals surface area contributed by atoms with Gasteiger partial charge in [-0.05, 0) is 25.5 Å². The molecule has 0 unspecified atom stereocenters. The molecule has 14 heavy (non-hydrogen) atoms. The zero-order valence-electron chi connectivity index (χ0n) is 8.00. The van der Waals surface area contributed by atoms with Crippen LogP contribution in [0.4, 0.5) is 14.5 Å². The summed E-state index contributed by atoms with van der Waals surface area (Å²) in [5.74, 6) is -1.62. The molecule has 0 aromatic heterocycles. The van der Waals surface area contributed by atoms with Crippen molar-refractivity contribution in [1.29, 1.82) is 0 Å². The fourth-order valence-corrected chi connectivity index (χ4v) is 1.71. The van der Waals surface area contributed by atoms with Crippen LogP contribution < -0.4 is 5.06 Å². The summed E-state index contributed by atoms with van der Waals surface area (Å²) in [5.41, 5.74) is -0.483. The second kappa shape index (κ2) is 4.67. The van der Waals surface area contributed by atoms with Gasteiger partial charge in [-0.15, -0.1) is 0 Å². The van der Waals surface area contributed by atoms with E-state index in [1.54, 1.807) is 0 Å². The summed E-state index contributed by atoms with van der Waals surface area (Å²) >= 11 is 0. The SMILES string of the molecule is CP(C)CN([O-])c1c(F)cccc1F. The minimum atomic E-state index is -0.808. The van der Waals surface area contributed by atoms with Crippen molar-refractivity contribution in [2.45, 2.75) is 0 Å². The maximum absolute atomic E-state index is 13.1. The number of halogens is 2. The molecule has 0 radical (unpaired) electrons. The first-order valence-electron chi connectivity index (χ1n) is 4.06. The van der Waals surface area contributed by atoms with Crippen LogP contribution in [0.15, 0.2) is 18.2 Å². The Morgan fingerprint density at radius 1 is 1.29 bits per heavy atom. The number of rotatable bonds is 3. The minimum absolute atomic E-state index is 0.146. The molecule has 0 aliphatic rings. The van der Waals surface area contributed by atoms with Crippen LogP contribution in [-0.2, 0) is 0 Å². The van der Waals surface area contributed by atoms with E-state index in [0.717, 1.165) is 12.1 Å². The number of hydrogen-bond donors (Lipinski definition) is 0. The molecule has 5 heteroatoms. The third-order valence-corrected chi connectivity index (χ3v) is 2.42. The molecule has 0 saturated heterocycles. The van der Waals surface area contributed by atoms with Gasteiger partial charge in [-0.1, -0.05) is 14.0 Å². The Morgan fingerprint density at radius 3 is 2.21 bits per heavy atom. The molecule has 1 aromatic carbocycles. The van der Waals surface area contributed by atoms with Gasteiger partial charge in [0.2, 0.25) is 0 Å². The van der Waals surface area contributed by atoms with Gasteiger partial charge in [-0.3, -0.25) is 0 Å². The molecule has 0 spiro atoms. The lowest BCUT2D eigenvalue weighted by Crippen LogP contribution is -2.17. The summed E-state index contributed by atoms with van der Waals surface area (Å²) in [4.78, 5) is 0. The number of benzene rings is 1. The van der Waals surface area contributed by atoms with E-state index in [1.807, 2.05) is 13.3 Å². The lowest BCUT2D eigenvalue weighted by Gasteiger charge is -2.32. The van der Waals surface area contributed by atoms with Crippen molar-refractivity contribution in [2.24, 2.45) is 0 Å². The van der Waals surface area contributed by atoms with Crippen LogP contribution in [0.3, 0.4) is 0 Å². The van der Waals surface area contributed by atoms with Gasteiger partial charge in [0.1, 0.15) is 11.6 Å². The first-order valence-corrected chi connectivity index (χ1v) is 6.48. The average molecular weight is 218 g/mol. The van der Waals surface area contributed by atoms with E-state index in [1.165, 1.54) is 6.07 Å². The normalized spacial score (nSPS) is 10.7. The van der Waals surface area contributed by atoms with Gasteiger partial charge < -0.3 is 10.3 Å². The Labute approximate surface area is 82.9 Å². The van der Waals surface area contributed by atoms with Crippen molar-refractivity contribution in [1.82, 2.24) is 0 Å². The number of para-hydroxylation sites is 1. The molecule has 0 bridgehead atoms. The third kappa shape index (κ3) is 2.63. The first kappa shape index (κ1) is 11.3. The second-order valence-corrected chi connectivity index (χ2v) is 5.61. The average Bonchev–Trinajstić information content (AvgIpc) is 2.01. The Kier molecular flexibility index (Phi) is 3.78. The van der Waals surface area contributed by atoms with E-state index >= 15 is 0 Å². The van der Waals surface area contributed by atoms with E-state index in [4.69, 9.17) is 0 Å². The van der Waals surface area contributed by atoms with E-state index in [2.05, 4.69) is 0 Å². The molecule has 0 aliphatic carbocycles. The van der Waals surface area contributed by atoms with Crippen molar-refractivity contribution < 1.29 is 8.78 Å². The molecule has 0 N–H and O–H groups in total. The fraction of sp³-hybridized carbons (Fsp3) is 0.333. The molecule has 0 amide bonds. The molecule has 0 heterocycles. The molecule has 78 valence electrons. The zero-order chi connectivity index (χ0) is 10.7. The lowest BCUT2D eigenvalue weighted by molar-refractivity contribution is 0.583.